The molecule has 1 amide bonds. The van der Waals surface area contributed by atoms with Gasteiger partial charge >= 0.3 is 0 Å². The Morgan fingerprint density at radius 1 is 1.50 bits per heavy atom. The number of aliphatic hydroxyl groups excluding tert-OH is 1. The molecule has 2 atom stereocenters. The highest BCUT2D eigenvalue weighted by atomic mass is 16.3. The minimum atomic E-state index is -0.522. The summed E-state index contributed by atoms with van der Waals surface area (Å²) < 4.78 is 0. The number of nitrogens with zero attached hydrogens (tertiary/aromatic N) is 1. The van der Waals surface area contributed by atoms with Crippen molar-refractivity contribution in [3.8, 4) is 0 Å². The molecule has 0 fully saturated rings. The number of nitrogens with two attached hydrogens (primary N) is 1. The summed E-state index contributed by atoms with van der Waals surface area (Å²) in [6.07, 6.45) is -0.517. The van der Waals surface area contributed by atoms with E-state index < -0.39 is 12.1 Å². The fraction of sp³-hybridized carbons (Fsp3) is 0.900. The first-order valence-electron chi connectivity index (χ1n) is 4.85. The Balaban J connectivity index is 4.32. The van der Waals surface area contributed by atoms with E-state index in [1.165, 1.54) is 4.90 Å². The van der Waals surface area contributed by atoms with Gasteiger partial charge in [0.2, 0.25) is 5.91 Å². The molecule has 0 saturated carbocycles. The normalized spacial score (nSPS) is 16.2. The van der Waals surface area contributed by atoms with Gasteiger partial charge in [-0.05, 0) is 12.3 Å². The molecule has 0 aliphatic rings. The SMILES string of the molecule is CC(O)CN(C)C(=O)[C@@H](N)C(C)(C)C. The average molecular weight is 202 g/mol. The molecule has 1 unspecified atom stereocenters. The zero-order chi connectivity index (χ0) is 11.5. The highest BCUT2D eigenvalue weighted by Crippen LogP contribution is 2.18. The molecule has 14 heavy (non-hydrogen) atoms. The van der Waals surface area contributed by atoms with Crippen LogP contribution in [0.2, 0.25) is 0 Å². The fourth-order valence-electron chi connectivity index (χ4n) is 1.09. The van der Waals surface area contributed by atoms with Crippen LogP contribution in [0.4, 0.5) is 0 Å². The smallest absolute Gasteiger partial charge is 0.239 e. The van der Waals surface area contributed by atoms with Crippen molar-refractivity contribution < 1.29 is 9.90 Å². The second-order valence-corrected chi connectivity index (χ2v) is 4.91. The molecule has 0 aromatic rings. The summed E-state index contributed by atoms with van der Waals surface area (Å²) in [5.74, 6) is -0.126. The number of rotatable bonds is 3. The van der Waals surface area contributed by atoms with Gasteiger partial charge in [-0.3, -0.25) is 4.79 Å². The molecule has 3 N–H and O–H groups in total. The van der Waals surface area contributed by atoms with Crippen LogP contribution in [0.5, 0.6) is 0 Å². The van der Waals surface area contributed by atoms with Crippen LogP contribution >= 0.6 is 0 Å². The number of likely N-dealkylation sites (N-methyl/N-ethyl adjacent to an activating group) is 1. The number of amides is 1. The van der Waals surface area contributed by atoms with E-state index in [4.69, 9.17) is 10.8 Å². The first-order valence-corrected chi connectivity index (χ1v) is 4.85. The molecule has 0 heterocycles. The highest BCUT2D eigenvalue weighted by molar-refractivity contribution is 5.82. The Morgan fingerprint density at radius 3 is 2.21 bits per heavy atom. The Labute approximate surface area is 86.1 Å². The van der Waals surface area contributed by atoms with Crippen LogP contribution in [0.3, 0.4) is 0 Å². The summed E-state index contributed by atoms with van der Waals surface area (Å²) in [5.41, 5.74) is 5.55. The second-order valence-electron chi connectivity index (χ2n) is 4.91. The first-order chi connectivity index (χ1) is 6.16. The maximum atomic E-state index is 11.7. The monoisotopic (exact) mass is 202 g/mol. The number of carbonyl (C=O) groups is 1. The maximum absolute atomic E-state index is 11.7. The number of hydrogen-bond acceptors (Lipinski definition) is 3. The predicted molar refractivity (Wildman–Crippen MR) is 56.7 cm³/mol. The Morgan fingerprint density at radius 2 is 1.93 bits per heavy atom. The van der Waals surface area contributed by atoms with Gasteiger partial charge in [0.1, 0.15) is 0 Å². The van der Waals surface area contributed by atoms with Crippen molar-refractivity contribution in [1.29, 1.82) is 0 Å². The van der Waals surface area contributed by atoms with Crippen molar-refractivity contribution in [3.63, 3.8) is 0 Å². The lowest BCUT2D eigenvalue weighted by Gasteiger charge is -2.30. The zero-order valence-corrected chi connectivity index (χ0v) is 9.74. The van der Waals surface area contributed by atoms with Crippen LogP contribution in [-0.2, 0) is 4.79 Å². The summed E-state index contributed by atoms with van der Waals surface area (Å²) >= 11 is 0. The van der Waals surface area contributed by atoms with Gasteiger partial charge in [-0.15, -0.1) is 0 Å². The van der Waals surface area contributed by atoms with Gasteiger partial charge in [0.15, 0.2) is 0 Å². The van der Waals surface area contributed by atoms with Crippen molar-refractivity contribution >= 4 is 5.91 Å². The van der Waals surface area contributed by atoms with E-state index in [0.29, 0.717) is 6.54 Å². The molecule has 0 radical (unpaired) electrons. The molecule has 0 saturated heterocycles. The summed E-state index contributed by atoms with van der Waals surface area (Å²) in [7, 11) is 1.65. The molecule has 0 aliphatic heterocycles. The fourth-order valence-corrected chi connectivity index (χ4v) is 1.09. The van der Waals surface area contributed by atoms with E-state index in [-0.39, 0.29) is 11.3 Å². The molecule has 0 rings (SSSR count). The van der Waals surface area contributed by atoms with Gasteiger partial charge in [0.05, 0.1) is 12.1 Å². The van der Waals surface area contributed by atoms with E-state index >= 15 is 0 Å². The van der Waals surface area contributed by atoms with Crippen LogP contribution in [-0.4, -0.2) is 41.7 Å². The van der Waals surface area contributed by atoms with Crippen molar-refractivity contribution in [1.82, 2.24) is 4.90 Å². The van der Waals surface area contributed by atoms with Crippen molar-refractivity contribution in [2.45, 2.75) is 39.8 Å². The van der Waals surface area contributed by atoms with Gasteiger partial charge in [-0.2, -0.15) is 0 Å². The molecule has 4 nitrogen and oxygen atoms in total. The molecule has 0 spiro atoms. The maximum Gasteiger partial charge on any atom is 0.239 e. The van der Waals surface area contributed by atoms with Crippen LogP contribution in [0.25, 0.3) is 0 Å². The Hall–Kier alpha value is -0.610. The van der Waals surface area contributed by atoms with Crippen molar-refractivity contribution in [2.24, 2.45) is 11.1 Å². The molecule has 0 bridgehead atoms. The molecule has 0 aromatic carbocycles. The lowest BCUT2D eigenvalue weighted by atomic mass is 9.86. The molecular formula is C10H22N2O2. The Bertz CT molecular complexity index is 197. The van der Waals surface area contributed by atoms with Crippen LogP contribution in [0.1, 0.15) is 27.7 Å². The largest absolute Gasteiger partial charge is 0.392 e. The topological polar surface area (TPSA) is 66.6 Å². The highest BCUT2D eigenvalue weighted by Gasteiger charge is 2.29. The lowest BCUT2D eigenvalue weighted by molar-refractivity contribution is -0.134. The van der Waals surface area contributed by atoms with Crippen LogP contribution < -0.4 is 5.73 Å². The standard InChI is InChI=1S/C10H22N2O2/c1-7(13)6-12(5)9(14)8(11)10(2,3)4/h7-8,13H,6,11H2,1-5H3/t7?,8-/m1/s1. The third kappa shape index (κ3) is 4.07. The average Bonchev–Trinajstić information content (AvgIpc) is 1.98. The number of carbonyl (C=O) groups excluding carboxylic acids is 1. The van der Waals surface area contributed by atoms with Crippen molar-refractivity contribution in [3.05, 3.63) is 0 Å². The van der Waals surface area contributed by atoms with E-state index in [0.717, 1.165) is 0 Å². The van der Waals surface area contributed by atoms with Crippen LogP contribution in [0, 0.1) is 5.41 Å². The number of hydrogen-bond donors (Lipinski definition) is 2. The summed E-state index contributed by atoms with van der Waals surface area (Å²) in [4.78, 5) is 13.2. The Kier molecular flexibility index (Phi) is 4.55. The van der Waals surface area contributed by atoms with Gasteiger partial charge in [-0.1, -0.05) is 20.8 Å². The van der Waals surface area contributed by atoms with E-state index in [2.05, 4.69) is 0 Å². The molecule has 0 aliphatic carbocycles. The molecule has 0 aromatic heterocycles. The van der Waals surface area contributed by atoms with E-state index in [1.54, 1.807) is 14.0 Å². The summed E-state index contributed by atoms with van der Waals surface area (Å²) in [6, 6.07) is -0.522. The quantitative estimate of drug-likeness (QED) is 0.687. The van der Waals surface area contributed by atoms with Crippen molar-refractivity contribution in [2.75, 3.05) is 13.6 Å². The minimum Gasteiger partial charge on any atom is -0.392 e. The van der Waals surface area contributed by atoms with Crippen LogP contribution in [0.15, 0.2) is 0 Å². The molecular weight excluding hydrogens is 180 g/mol. The minimum absolute atomic E-state index is 0.126. The third-order valence-electron chi connectivity index (χ3n) is 2.11. The first kappa shape index (κ1) is 13.4. The van der Waals surface area contributed by atoms with E-state index in [9.17, 15) is 4.79 Å². The zero-order valence-electron chi connectivity index (χ0n) is 9.74. The van der Waals surface area contributed by atoms with Gasteiger partial charge in [-0.25, -0.2) is 0 Å². The van der Waals surface area contributed by atoms with Gasteiger partial charge in [0, 0.05) is 13.6 Å². The summed E-state index contributed by atoms with van der Waals surface area (Å²) in [5, 5.41) is 9.12. The van der Waals surface area contributed by atoms with E-state index in [1.807, 2.05) is 20.8 Å². The van der Waals surface area contributed by atoms with Gasteiger partial charge in [0.25, 0.3) is 0 Å². The molecule has 4 heteroatoms. The number of aliphatic hydroxyl groups is 1. The van der Waals surface area contributed by atoms with Gasteiger partial charge < -0.3 is 15.7 Å². The second kappa shape index (κ2) is 4.75. The molecule has 84 valence electrons. The predicted octanol–water partition coefficient (Wildman–Crippen LogP) is 0.199. The summed E-state index contributed by atoms with van der Waals surface area (Å²) in [6.45, 7) is 7.73. The lowest BCUT2D eigenvalue weighted by Crippen LogP contribution is -2.50. The third-order valence-corrected chi connectivity index (χ3v) is 2.11.